The summed E-state index contributed by atoms with van der Waals surface area (Å²) in [4.78, 5) is 11.5. The molecule has 3 nitrogen and oxygen atoms in total. The third-order valence-corrected chi connectivity index (χ3v) is 6.07. The minimum absolute atomic E-state index is 0.122. The van der Waals surface area contributed by atoms with Crippen molar-refractivity contribution in [2.45, 2.75) is 64.5 Å². The van der Waals surface area contributed by atoms with Gasteiger partial charge in [-0.25, -0.2) is 0 Å². The molecule has 0 aromatic heterocycles. The Morgan fingerprint density at radius 3 is 2.53 bits per heavy atom. The summed E-state index contributed by atoms with van der Waals surface area (Å²) in [6.07, 6.45) is 7.36. The molecule has 3 saturated carbocycles. The lowest BCUT2D eigenvalue weighted by molar-refractivity contribution is -0.144. The maximum Gasteiger partial charge on any atom is 0.308 e. The van der Waals surface area contributed by atoms with E-state index in [4.69, 9.17) is 0 Å². The molecule has 19 heavy (non-hydrogen) atoms. The van der Waals surface area contributed by atoms with E-state index in [1.165, 1.54) is 25.7 Å². The van der Waals surface area contributed by atoms with E-state index in [-0.39, 0.29) is 12.0 Å². The van der Waals surface area contributed by atoms with Crippen LogP contribution in [-0.2, 0) is 4.79 Å². The molecule has 0 heterocycles. The highest BCUT2D eigenvalue weighted by Crippen LogP contribution is 2.49. The molecule has 0 spiro atoms. The van der Waals surface area contributed by atoms with Gasteiger partial charge in [-0.2, -0.15) is 0 Å². The Morgan fingerprint density at radius 2 is 1.79 bits per heavy atom. The second-order valence-corrected chi connectivity index (χ2v) is 7.39. The SMILES string of the molecule is CC1CCC(C)C(NC2C3CCC(C3)C2C(=O)O)C1. The average Bonchev–Trinajstić information content (AvgIpc) is 2.94. The first-order valence-electron chi connectivity index (χ1n) is 8.05. The zero-order valence-electron chi connectivity index (χ0n) is 12.1. The largest absolute Gasteiger partial charge is 0.481 e. The fraction of sp³-hybridized carbons (Fsp3) is 0.938. The van der Waals surface area contributed by atoms with E-state index in [0.717, 1.165) is 18.8 Å². The molecule has 3 aliphatic carbocycles. The summed E-state index contributed by atoms with van der Waals surface area (Å²) in [6.45, 7) is 4.66. The van der Waals surface area contributed by atoms with Crippen LogP contribution in [0.3, 0.4) is 0 Å². The predicted octanol–water partition coefficient (Wildman–Crippen LogP) is 2.90. The molecule has 0 saturated heterocycles. The summed E-state index contributed by atoms with van der Waals surface area (Å²) in [6, 6.07) is 0.781. The minimum Gasteiger partial charge on any atom is -0.481 e. The van der Waals surface area contributed by atoms with Crippen molar-refractivity contribution in [2.24, 2.45) is 29.6 Å². The lowest BCUT2D eigenvalue weighted by Crippen LogP contribution is -2.51. The van der Waals surface area contributed by atoms with Gasteiger partial charge in [0.2, 0.25) is 0 Å². The number of carbonyl (C=O) groups is 1. The standard InChI is InChI=1S/C16H27NO2/c1-9-3-4-10(2)13(7-9)17-15-12-6-5-11(8-12)14(15)16(18)19/h9-15,17H,3-8H2,1-2H3,(H,18,19). The van der Waals surface area contributed by atoms with Crippen LogP contribution in [-0.4, -0.2) is 23.2 Å². The van der Waals surface area contributed by atoms with Gasteiger partial charge in [-0.05, 0) is 55.8 Å². The molecular formula is C16H27NO2. The topological polar surface area (TPSA) is 49.3 Å². The Kier molecular flexibility index (Phi) is 3.59. The molecule has 3 fully saturated rings. The van der Waals surface area contributed by atoms with Gasteiger partial charge in [0.25, 0.3) is 0 Å². The minimum atomic E-state index is -0.568. The van der Waals surface area contributed by atoms with E-state index in [1.54, 1.807) is 0 Å². The van der Waals surface area contributed by atoms with E-state index in [1.807, 2.05) is 0 Å². The van der Waals surface area contributed by atoms with E-state index in [9.17, 15) is 9.90 Å². The molecule has 0 aromatic carbocycles. The Hall–Kier alpha value is -0.570. The van der Waals surface area contributed by atoms with E-state index >= 15 is 0 Å². The van der Waals surface area contributed by atoms with Crippen LogP contribution in [0.2, 0.25) is 0 Å². The van der Waals surface area contributed by atoms with Crippen LogP contribution in [0.5, 0.6) is 0 Å². The van der Waals surface area contributed by atoms with E-state index < -0.39 is 5.97 Å². The molecule has 0 amide bonds. The number of hydrogen-bond acceptors (Lipinski definition) is 2. The molecule has 0 aromatic rings. The third-order valence-electron chi connectivity index (χ3n) is 6.07. The summed E-state index contributed by atoms with van der Waals surface area (Å²) in [5.74, 6) is 1.86. The molecule has 0 aliphatic heterocycles. The predicted molar refractivity (Wildman–Crippen MR) is 74.8 cm³/mol. The van der Waals surface area contributed by atoms with Crippen LogP contribution in [0.4, 0.5) is 0 Å². The van der Waals surface area contributed by atoms with Crippen molar-refractivity contribution in [3.05, 3.63) is 0 Å². The first-order valence-corrected chi connectivity index (χ1v) is 8.05. The maximum absolute atomic E-state index is 11.5. The fourth-order valence-electron chi connectivity index (χ4n) is 4.90. The number of hydrogen-bond donors (Lipinski definition) is 2. The van der Waals surface area contributed by atoms with Gasteiger partial charge in [-0.1, -0.05) is 20.3 Å². The van der Waals surface area contributed by atoms with Gasteiger partial charge in [-0.15, -0.1) is 0 Å². The monoisotopic (exact) mass is 265 g/mol. The van der Waals surface area contributed by atoms with Gasteiger partial charge in [0.05, 0.1) is 5.92 Å². The molecule has 2 N–H and O–H groups in total. The smallest absolute Gasteiger partial charge is 0.308 e. The molecule has 0 radical (unpaired) electrons. The zero-order valence-corrected chi connectivity index (χ0v) is 12.1. The van der Waals surface area contributed by atoms with Crippen molar-refractivity contribution >= 4 is 5.97 Å². The highest BCUT2D eigenvalue weighted by molar-refractivity contribution is 5.72. The van der Waals surface area contributed by atoms with Gasteiger partial charge in [-0.3, -0.25) is 4.79 Å². The molecule has 108 valence electrons. The molecule has 7 unspecified atom stereocenters. The van der Waals surface area contributed by atoms with Crippen molar-refractivity contribution < 1.29 is 9.90 Å². The highest BCUT2D eigenvalue weighted by atomic mass is 16.4. The summed E-state index contributed by atoms with van der Waals surface area (Å²) in [5.41, 5.74) is 0. The van der Waals surface area contributed by atoms with Gasteiger partial charge in [0.1, 0.15) is 0 Å². The highest BCUT2D eigenvalue weighted by Gasteiger charge is 2.51. The first-order chi connectivity index (χ1) is 9.06. The molecule has 2 bridgehead atoms. The number of aliphatic carboxylic acids is 1. The average molecular weight is 265 g/mol. The Balaban J connectivity index is 1.69. The number of carboxylic acids is 1. The molecule has 3 aliphatic rings. The summed E-state index contributed by atoms with van der Waals surface area (Å²) >= 11 is 0. The maximum atomic E-state index is 11.5. The number of rotatable bonds is 3. The van der Waals surface area contributed by atoms with Crippen LogP contribution < -0.4 is 5.32 Å². The van der Waals surface area contributed by atoms with E-state index in [2.05, 4.69) is 19.2 Å². The second kappa shape index (κ2) is 5.08. The summed E-state index contributed by atoms with van der Waals surface area (Å²) < 4.78 is 0. The lowest BCUT2D eigenvalue weighted by Gasteiger charge is -2.39. The number of nitrogens with one attached hydrogen (secondary N) is 1. The second-order valence-electron chi connectivity index (χ2n) is 7.39. The van der Waals surface area contributed by atoms with Crippen molar-refractivity contribution in [3.8, 4) is 0 Å². The van der Waals surface area contributed by atoms with Crippen molar-refractivity contribution in [1.29, 1.82) is 0 Å². The van der Waals surface area contributed by atoms with Gasteiger partial charge < -0.3 is 10.4 Å². The first kappa shape index (κ1) is 13.4. The van der Waals surface area contributed by atoms with Crippen LogP contribution in [0.15, 0.2) is 0 Å². The Bertz CT molecular complexity index is 357. The van der Waals surface area contributed by atoms with Crippen molar-refractivity contribution in [3.63, 3.8) is 0 Å². The van der Waals surface area contributed by atoms with Crippen LogP contribution >= 0.6 is 0 Å². The molecule has 3 heteroatoms. The van der Waals surface area contributed by atoms with E-state index in [0.29, 0.717) is 23.8 Å². The Labute approximate surface area is 116 Å². The van der Waals surface area contributed by atoms with Crippen LogP contribution in [0.25, 0.3) is 0 Å². The lowest BCUT2D eigenvalue weighted by atomic mass is 9.78. The number of carboxylic acid groups (broad SMARTS) is 1. The summed E-state index contributed by atoms with van der Waals surface area (Å²) in [5, 5.41) is 13.3. The fourth-order valence-corrected chi connectivity index (χ4v) is 4.90. The van der Waals surface area contributed by atoms with Crippen molar-refractivity contribution in [1.82, 2.24) is 5.32 Å². The quantitative estimate of drug-likeness (QED) is 0.825. The Morgan fingerprint density at radius 1 is 1.05 bits per heavy atom. The molecular weight excluding hydrogens is 238 g/mol. The van der Waals surface area contributed by atoms with Gasteiger partial charge in [0, 0.05) is 12.1 Å². The van der Waals surface area contributed by atoms with Crippen LogP contribution in [0.1, 0.15) is 52.4 Å². The van der Waals surface area contributed by atoms with Crippen molar-refractivity contribution in [2.75, 3.05) is 0 Å². The molecule has 3 rings (SSSR count). The normalized spacial score (nSPS) is 49.5. The summed E-state index contributed by atoms with van der Waals surface area (Å²) in [7, 11) is 0. The van der Waals surface area contributed by atoms with Gasteiger partial charge in [0.15, 0.2) is 0 Å². The third kappa shape index (κ3) is 2.42. The molecule has 7 atom stereocenters. The number of fused-ring (bicyclic) bond motifs is 2. The zero-order chi connectivity index (χ0) is 13.6. The van der Waals surface area contributed by atoms with Gasteiger partial charge >= 0.3 is 5.97 Å². The van der Waals surface area contributed by atoms with Crippen LogP contribution in [0, 0.1) is 29.6 Å².